The molecule has 2 rings (SSSR count). The maximum Gasteiger partial charge on any atom is 0.262 e. The summed E-state index contributed by atoms with van der Waals surface area (Å²) in [4.78, 5) is 12.0. The fourth-order valence-electron chi connectivity index (χ4n) is 1.81. The second-order valence-corrected chi connectivity index (χ2v) is 5.74. The predicted octanol–water partition coefficient (Wildman–Crippen LogP) is 3.63. The summed E-state index contributed by atoms with van der Waals surface area (Å²) in [6, 6.07) is 13.2. The summed E-state index contributed by atoms with van der Waals surface area (Å²) in [6.45, 7) is 1.91. The van der Waals surface area contributed by atoms with Crippen LogP contribution in [-0.4, -0.2) is 19.6 Å². The number of hydrogen-bond acceptors (Lipinski definition) is 3. The molecule has 1 N–H and O–H groups in total. The quantitative estimate of drug-likeness (QED) is 0.785. The Labute approximate surface area is 137 Å². The average molecular weight is 397 g/mol. The van der Waals surface area contributed by atoms with E-state index in [0.29, 0.717) is 17.2 Å². The van der Waals surface area contributed by atoms with E-state index in [1.165, 1.54) is 0 Å². The number of benzene rings is 2. The molecule has 2 aromatic rings. The average Bonchev–Trinajstić information content (AvgIpc) is 2.45. The Balaban J connectivity index is 1.97. The highest BCUT2D eigenvalue weighted by molar-refractivity contribution is 14.1. The number of hydrogen-bond donors (Lipinski definition) is 1. The molecule has 0 fully saturated rings. The van der Waals surface area contributed by atoms with E-state index in [1.54, 1.807) is 7.11 Å². The Hall–Kier alpha value is -1.76. The van der Waals surface area contributed by atoms with Gasteiger partial charge in [0.2, 0.25) is 0 Å². The van der Waals surface area contributed by atoms with Gasteiger partial charge in [0, 0.05) is 3.57 Å². The van der Waals surface area contributed by atoms with Gasteiger partial charge < -0.3 is 14.8 Å². The summed E-state index contributed by atoms with van der Waals surface area (Å²) >= 11 is 2.20. The molecular formula is C16H16INO3. The van der Waals surface area contributed by atoms with Crippen LogP contribution in [0.25, 0.3) is 0 Å². The van der Waals surface area contributed by atoms with Gasteiger partial charge in [-0.25, -0.2) is 0 Å². The Morgan fingerprint density at radius 3 is 2.76 bits per heavy atom. The van der Waals surface area contributed by atoms with Crippen LogP contribution in [0.15, 0.2) is 42.5 Å². The number of ether oxygens (including phenoxy) is 2. The van der Waals surface area contributed by atoms with E-state index in [2.05, 4.69) is 27.9 Å². The predicted molar refractivity (Wildman–Crippen MR) is 91.0 cm³/mol. The highest BCUT2D eigenvalue weighted by Gasteiger charge is 2.08. The number of carbonyl (C=O) groups excluding carboxylic acids is 1. The molecular weight excluding hydrogens is 381 g/mol. The first-order valence-corrected chi connectivity index (χ1v) is 7.49. The minimum atomic E-state index is -0.224. The SMILES string of the molecule is COc1ccc(C)cc1NC(=O)COc1cccc(I)c1. The van der Waals surface area contributed by atoms with Gasteiger partial charge in [0.15, 0.2) is 6.61 Å². The molecule has 0 saturated carbocycles. The van der Waals surface area contributed by atoms with E-state index >= 15 is 0 Å². The Morgan fingerprint density at radius 1 is 1.24 bits per heavy atom. The molecule has 5 heteroatoms. The standard InChI is InChI=1S/C16H16INO3/c1-11-6-7-15(20-2)14(8-11)18-16(19)10-21-13-5-3-4-12(17)9-13/h3-9H,10H2,1-2H3,(H,18,19). The van der Waals surface area contributed by atoms with E-state index in [4.69, 9.17) is 9.47 Å². The molecule has 0 saturated heterocycles. The molecule has 0 spiro atoms. The third-order valence-corrected chi connectivity index (χ3v) is 3.47. The molecule has 0 aliphatic heterocycles. The molecule has 21 heavy (non-hydrogen) atoms. The van der Waals surface area contributed by atoms with Crippen LogP contribution in [0.4, 0.5) is 5.69 Å². The van der Waals surface area contributed by atoms with Crippen molar-refractivity contribution < 1.29 is 14.3 Å². The highest BCUT2D eigenvalue weighted by atomic mass is 127. The number of halogens is 1. The fraction of sp³-hybridized carbons (Fsp3) is 0.188. The smallest absolute Gasteiger partial charge is 0.262 e. The molecule has 0 atom stereocenters. The monoisotopic (exact) mass is 397 g/mol. The van der Waals surface area contributed by atoms with Gasteiger partial charge in [0.05, 0.1) is 12.8 Å². The van der Waals surface area contributed by atoms with Crippen molar-refractivity contribution in [3.8, 4) is 11.5 Å². The zero-order valence-electron chi connectivity index (χ0n) is 11.9. The zero-order valence-corrected chi connectivity index (χ0v) is 14.0. The first-order chi connectivity index (χ1) is 10.1. The lowest BCUT2D eigenvalue weighted by Crippen LogP contribution is -2.20. The molecule has 0 unspecified atom stereocenters. The first kappa shape index (κ1) is 15.6. The molecule has 0 aliphatic rings. The second kappa shape index (κ2) is 7.31. The van der Waals surface area contributed by atoms with Gasteiger partial charge in [0.1, 0.15) is 11.5 Å². The van der Waals surface area contributed by atoms with Crippen LogP contribution >= 0.6 is 22.6 Å². The van der Waals surface area contributed by atoms with Crippen molar-refractivity contribution in [2.45, 2.75) is 6.92 Å². The largest absolute Gasteiger partial charge is 0.495 e. The molecule has 110 valence electrons. The maximum atomic E-state index is 12.0. The van der Waals surface area contributed by atoms with Gasteiger partial charge in [0.25, 0.3) is 5.91 Å². The first-order valence-electron chi connectivity index (χ1n) is 6.41. The van der Waals surface area contributed by atoms with Crippen LogP contribution < -0.4 is 14.8 Å². The Morgan fingerprint density at radius 2 is 2.05 bits per heavy atom. The van der Waals surface area contributed by atoms with Gasteiger partial charge >= 0.3 is 0 Å². The number of aryl methyl sites for hydroxylation is 1. The molecule has 0 radical (unpaired) electrons. The van der Waals surface area contributed by atoms with Crippen molar-refractivity contribution in [2.75, 3.05) is 19.0 Å². The molecule has 2 aromatic carbocycles. The second-order valence-electron chi connectivity index (χ2n) is 4.50. The van der Waals surface area contributed by atoms with Crippen molar-refractivity contribution in [3.63, 3.8) is 0 Å². The number of amides is 1. The number of rotatable bonds is 5. The van der Waals surface area contributed by atoms with Crippen LogP contribution in [0.3, 0.4) is 0 Å². The zero-order chi connectivity index (χ0) is 15.2. The summed E-state index contributed by atoms with van der Waals surface area (Å²) in [5.74, 6) is 1.08. The minimum Gasteiger partial charge on any atom is -0.495 e. The topological polar surface area (TPSA) is 47.6 Å². The molecule has 0 aromatic heterocycles. The van der Waals surface area contributed by atoms with Crippen LogP contribution in [0.2, 0.25) is 0 Å². The lowest BCUT2D eigenvalue weighted by atomic mass is 10.2. The molecule has 4 nitrogen and oxygen atoms in total. The maximum absolute atomic E-state index is 12.0. The van der Waals surface area contributed by atoms with Crippen molar-refractivity contribution >= 4 is 34.2 Å². The summed E-state index contributed by atoms with van der Waals surface area (Å²) in [5, 5.41) is 2.80. The number of methoxy groups -OCH3 is 1. The summed E-state index contributed by atoms with van der Waals surface area (Å²) in [5.41, 5.74) is 1.69. The van der Waals surface area contributed by atoms with Gasteiger partial charge in [-0.05, 0) is 65.4 Å². The third-order valence-electron chi connectivity index (χ3n) is 2.80. The van der Waals surface area contributed by atoms with E-state index in [9.17, 15) is 4.79 Å². The van der Waals surface area contributed by atoms with Crippen molar-refractivity contribution in [1.82, 2.24) is 0 Å². The van der Waals surface area contributed by atoms with Crippen LogP contribution in [0, 0.1) is 10.5 Å². The lowest BCUT2D eigenvalue weighted by Gasteiger charge is -2.11. The lowest BCUT2D eigenvalue weighted by molar-refractivity contribution is -0.118. The molecule has 0 aliphatic carbocycles. The normalized spacial score (nSPS) is 10.0. The van der Waals surface area contributed by atoms with Gasteiger partial charge in [-0.1, -0.05) is 12.1 Å². The third kappa shape index (κ3) is 4.63. The summed E-state index contributed by atoms with van der Waals surface area (Å²) < 4.78 is 11.8. The van der Waals surface area contributed by atoms with Crippen LogP contribution in [-0.2, 0) is 4.79 Å². The van der Waals surface area contributed by atoms with Crippen molar-refractivity contribution in [1.29, 1.82) is 0 Å². The Bertz CT molecular complexity index is 643. The van der Waals surface area contributed by atoms with Crippen molar-refractivity contribution in [2.24, 2.45) is 0 Å². The van der Waals surface area contributed by atoms with E-state index in [1.807, 2.05) is 49.4 Å². The Kier molecular flexibility index (Phi) is 5.44. The highest BCUT2D eigenvalue weighted by Crippen LogP contribution is 2.25. The van der Waals surface area contributed by atoms with Crippen LogP contribution in [0.1, 0.15) is 5.56 Å². The number of anilines is 1. The fourth-order valence-corrected chi connectivity index (χ4v) is 2.33. The minimum absolute atomic E-state index is 0.0445. The van der Waals surface area contributed by atoms with Gasteiger partial charge in [-0.15, -0.1) is 0 Å². The molecule has 0 heterocycles. The van der Waals surface area contributed by atoms with E-state index < -0.39 is 0 Å². The number of carbonyl (C=O) groups is 1. The number of nitrogens with one attached hydrogen (secondary N) is 1. The summed E-state index contributed by atoms with van der Waals surface area (Å²) in [7, 11) is 1.57. The molecule has 0 bridgehead atoms. The van der Waals surface area contributed by atoms with Crippen molar-refractivity contribution in [3.05, 3.63) is 51.6 Å². The molecule has 1 amide bonds. The van der Waals surface area contributed by atoms with Gasteiger partial charge in [-0.3, -0.25) is 4.79 Å². The summed E-state index contributed by atoms with van der Waals surface area (Å²) in [6.07, 6.45) is 0. The van der Waals surface area contributed by atoms with E-state index in [-0.39, 0.29) is 12.5 Å². The van der Waals surface area contributed by atoms with Crippen LogP contribution in [0.5, 0.6) is 11.5 Å². The van der Waals surface area contributed by atoms with E-state index in [0.717, 1.165) is 9.13 Å². The van der Waals surface area contributed by atoms with Gasteiger partial charge in [-0.2, -0.15) is 0 Å².